The fourth-order valence-corrected chi connectivity index (χ4v) is 3.02. The number of nitrogens with zero attached hydrogens (tertiary/aromatic N) is 5. The largest absolute Gasteiger partial charge is 0.337 e. The average molecular weight is 313 g/mol. The Morgan fingerprint density at radius 3 is 2.70 bits per heavy atom. The van der Waals surface area contributed by atoms with Crippen molar-refractivity contribution in [2.75, 3.05) is 26.2 Å². The van der Waals surface area contributed by atoms with Crippen molar-refractivity contribution in [3.8, 4) is 5.69 Å². The summed E-state index contributed by atoms with van der Waals surface area (Å²) in [6.45, 7) is 7.95. The zero-order valence-electron chi connectivity index (χ0n) is 13.7. The molecule has 1 aromatic heterocycles. The number of hydrogen-bond acceptors (Lipinski definition) is 4. The Kier molecular flexibility index (Phi) is 4.71. The van der Waals surface area contributed by atoms with E-state index in [2.05, 4.69) is 29.1 Å². The number of para-hydroxylation sites is 1. The summed E-state index contributed by atoms with van der Waals surface area (Å²) < 4.78 is 1.64. The molecule has 1 aliphatic rings. The molecule has 0 bridgehead atoms. The van der Waals surface area contributed by atoms with Gasteiger partial charge in [-0.25, -0.2) is 4.68 Å². The molecule has 122 valence electrons. The van der Waals surface area contributed by atoms with E-state index in [1.54, 1.807) is 17.1 Å². The van der Waals surface area contributed by atoms with Gasteiger partial charge in [0.2, 0.25) is 0 Å². The summed E-state index contributed by atoms with van der Waals surface area (Å²) in [7, 11) is 0. The summed E-state index contributed by atoms with van der Waals surface area (Å²) in [5.41, 5.74) is 1.45. The molecule has 1 saturated heterocycles. The lowest BCUT2D eigenvalue weighted by atomic mass is 10.1. The predicted octanol–water partition coefficient (Wildman–Crippen LogP) is 1.82. The van der Waals surface area contributed by atoms with Crippen LogP contribution in [0, 0.1) is 0 Å². The van der Waals surface area contributed by atoms with Crippen LogP contribution in [0.2, 0.25) is 0 Å². The van der Waals surface area contributed by atoms with E-state index in [0.717, 1.165) is 38.3 Å². The molecular formula is C17H23N5O. The zero-order chi connectivity index (χ0) is 16.2. The number of benzene rings is 1. The maximum absolute atomic E-state index is 13.0. The first kappa shape index (κ1) is 15.7. The maximum Gasteiger partial charge on any atom is 0.256 e. The Labute approximate surface area is 136 Å². The predicted molar refractivity (Wildman–Crippen MR) is 88.6 cm³/mol. The van der Waals surface area contributed by atoms with Gasteiger partial charge in [-0.05, 0) is 32.4 Å². The number of aromatic nitrogens is 3. The minimum Gasteiger partial charge on any atom is -0.337 e. The fraction of sp³-hybridized carbons (Fsp3) is 0.471. The van der Waals surface area contributed by atoms with Crippen molar-refractivity contribution >= 4 is 5.91 Å². The van der Waals surface area contributed by atoms with E-state index in [4.69, 9.17) is 0 Å². The van der Waals surface area contributed by atoms with Crippen LogP contribution in [0.15, 0.2) is 36.7 Å². The highest BCUT2D eigenvalue weighted by Gasteiger charge is 2.23. The SMILES string of the molecule is CC(C)N1CCCN(C(=O)c2ccccc2-n2ccnn2)CC1. The summed E-state index contributed by atoms with van der Waals surface area (Å²) in [4.78, 5) is 17.4. The van der Waals surface area contributed by atoms with E-state index in [9.17, 15) is 4.79 Å². The molecule has 6 heteroatoms. The van der Waals surface area contributed by atoms with Gasteiger partial charge in [0.15, 0.2) is 0 Å². The quantitative estimate of drug-likeness (QED) is 0.867. The van der Waals surface area contributed by atoms with E-state index in [1.807, 2.05) is 29.2 Å². The van der Waals surface area contributed by atoms with Crippen molar-refractivity contribution in [3.63, 3.8) is 0 Å². The van der Waals surface area contributed by atoms with Gasteiger partial charge < -0.3 is 4.90 Å². The summed E-state index contributed by atoms with van der Waals surface area (Å²) in [5.74, 6) is 0.0710. The molecule has 0 saturated carbocycles. The zero-order valence-corrected chi connectivity index (χ0v) is 13.7. The second-order valence-corrected chi connectivity index (χ2v) is 6.14. The van der Waals surface area contributed by atoms with E-state index in [1.165, 1.54) is 0 Å². The molecule has 1 aliphatic heterocycles. The van der Waals surface area contributed by atoms with Gasteiger partial charge in [0.25, 0.3) is 5.91 Å². The molecule has 0 radical (unpaired) electrons. The first-order valence-electron chi connectivity index (χ1n) is 8.16. The number of carbonyl (C=O) groups is 1. The summed E-state index contributed by atoms with van der Waals surface area (Å²) in [6.07, 6.45) is 4.39. The third-order valence-electron chi connectivity index (χ3n) is 4.35. The summed E-state index contributed by atoms with van der Waals surface area (Å²) in [6, 6.07) is 8.10. The number of carbonyl (C=O) groups excluding carboxylic acids is 1. The minimum absolute atomic E-state index is 0.0710. The Bertz CT molecular complexity index is 653. The second kappa shape index (κ2) is 6.91. The number of rotatable bonds is 3. The molecule has 1 aromatic carbocycles. The van der Waals surface area contributed by atoms with E-state index in [-0.39, 0.29) is 5.91 Å². The van der Waals surface area contributed by atoms with Crippen LogP contribution in [0.3, 0.4) is 0 Å². The lowest BCUT2D eigenvalue weighted by Gasteiger charge is -2.25. The van der Waals surface area contributed by atoms with Crippen molar-refractivity contribution in [1.29, 1.82) is 0 Å². The first-order chi connectivity index (χ1) is 11.2. The van der Waals surface area contributed by atoms with Gasteiger partial charge in [0.05, 0.1) is 23.6 Å². The molecule has 3 rings (SSSR count). The Morgan fingerprint density at radius 1 is 1.13 bits per heavy atom. The van der Waals surface area contributed by atoms with Crippen LogP contribution < -0.4 is 0 Å². The van der Waals surface area contributed by atoms with Crippen LogP contribution in [0.5, 0.6) is 0 Å². The summed E-state index contributed by atoms with van der Waals surface area (Å²) in [5, 5.41) is 7.85. The van der Waals surface area contributed by atoms with Crippen LogP contribution in [0.4, 0.5) is 0 Å². The lowest BCUT2D eigenvalue weighted by molar-refractivity contribution is 0.0759. The Hall–Kier alpha value is -2.21. The smallest absolute Gasteiger partial charge is 0.256 e. The standard InChI is InChI=1S/C17H23N5O/c1-14(2)20-9-5-10-21(13-12-20)17(23)15-6-3-4-7-16(15)22-11-8-18-19-22/h3-4,6-8,11,14H,5,9-10,12-13H2,1-2H3. The molecular weight excluding hydrogens is 290 g/mol. The van der Waals surface area contributed by atoms with Crippen LogP contribution >= 0.6 is 0 Å². The highest BCUT2D eigenvalue weighted by molar-refractivity contribution is 5.97. The average Bonchev–Trinajstić information content (AvgIpc) is 2.98. The maximum atomic E-state index is 13.0. The molecule has 0 aliphatic carbocycles. The molecule has 1 amide bonds. The van der Waals surface area contributed by atoms with E-state index in [0.29, 0.717) is 11.6 Å². The van der Waals surface area contributed by atoms with Crippen molar-refractivity contribution in [2.45, 2.75) is 26.3 Å². The Balaban J connectivity index is 1.81. The molecule has 23 heavy (non-hydrogen) atoms. The third-order valence-corrected chi connectivity index (χ3v) is 4.35. The van der Waals surface area contributed by atoms with Crippen molar-refractivity contribution in [2.24, 2.45) is 0 Å². The highest BCUT2D eigenvalue weighted by atomic mass is 16.2. The number of amides is 1. The monoisotopic (exact) mass is 313 g/mol. The first-order valence-corrected chi connectivity index (χ1v) is 8.16. The van der Waals surface area contributed by atoms with E-state index < -0.39 is 0 Å². The van der Waals surface area contributed by atoms with Crippen molar-refractivity contribution in [1.82, 2.24) is 24.8 Å². The molecule has 2 heterocycles. The van der Waals surface area contributed by atoms with Gasteiger partial charge in [0.1, 0.15) is 0 Å². The molecule has 0 spiro atoms. The second-order valence-electron chi connectivity index (χ2n) is 6.14. The summed E-state index contributed by atoms with van der Waals surface area (Å²) >= 11 is 0. The van der Waals surface area contributed by atoms with Crippen molar-refractivity contribution in [3.05, 3.63) is 42.2 Å². The molecule has 0 N–H and O–H groups in total. The van der Waals surface area contributed by atoms with Gasteiger partial charge in [0, 0.05) is 32.2 Å². The van der Waals surface area contributed by atoms with Crippen LogP contribution in [0.25, 0.3) is 5.69 Å². The van der Waals surface area contributed by atoms with Crippen LogP contribution in [0.1, 0.15) is 30.6 Å². The fourth-order valence-electron chi connectivity index (χ4n) is 3.02. The third kappa shape index (κ3) is 3.42. The van der Waals surface area contributed by atoms with Gasteiger partial charge >= 0.3 is 0 Å². The molecule has 2 aromatic rings. The number of hydrogen-bond donors (Lipinski definition) is 0. The van der Waals surface area contributed by atoms with Crippen LogP contribution in [-0.4, -0.2) is 62.9 Å². The Morgan fingerprint density at radius 2 is 1.96 bits per heavy atom. The molecule has 0 unspecified atom stereocenters. The molecule has 6 nitrogen and oxygen atoms in total. The van der Waals surface area contributed by atoms with Crippen LogP contribution in [-0.2, 0) is 0 Å². The lowest BCUT2D eigenvalue weighted by Crippen LogP contribution is -2.37. The normalized spacial score (nSPS) is 16.6. The molecule has 1 fully saturated rings. The van der Waals surface area contributed by atoms with Crippen molar-refractivity contribution < 1.29 is 4.79 Å². The van der Waals surface area contributed by atoms with Gasteiger partial charge in [-0.3, -0.25) is 9.69 Å². The minimum atomic E-state index is 0.0710. The highest BCUT2D eigenvalue weighted by Crippen LogP contribution is 2.17. The van der Waals surface area contributed by atoms with Gasteiger partial charge in [-0.2, -0.15) is 0 Å². The molecule has 0 atom stereocenters. The van der Waals surface area contributed by atoms with E-state index >= 15 is 0 Å². The van der Waals surface area contributed by atoms with Gasteiger partial charge in [-0.1, -0.05) is 17.3 Å². The van der Waals surface area contributed by atoms with Gasteiger partial charge in [-0.15, -0.1) is 5.10 Å². The topological polar surface area (TPSA) is 54.3 Å².